The van der Waals surface area contributed by atoms with Crippen molar-refractivity contribution in [1.82, 2.24) is 10.1 Å². The quantitative estimate of drug-likeness (QED) is 0.801. The molecule has 2 heterocycles. The number of anilines is 2. The minimum absolute atomic E-state index is 0.0744. The smallest absolute Gasteiger partial charge is 0.328 e. The summed E-state index contributed by atoms with van der Waals surface area (Å²) >= 11 is 1.26. The zero-order valence-corrected chi connectivity index (χ0v) is 8.67. The van der Waals surface area contributed by atoms with E-state index in [9.17, 15) is 4.79 Å². The van der Waals surface area contributed by atoms with Crippen LogP contribution < -0.4 is 11.1 Å². The second kappa shape index (κ2) is 3.70. The van der Waals surface area contributed by atoms with Gasteiger partial charge < -0.3 is 10.3 Å². The Morgan fingerprint density at radius 3 is 3.00 bits per heavy atom. The lowest BCUT2D eigenvalue weighted by Crippen LogP contribution is -2.12. The Bertz CT molecular complexity index is 490. The lowest BCUT2D eigenvalue weighted by molar-refractivity contribution is 0.102. The van der Waals surface area contributed by atoms with Crippen molar-refractivity contribution in [2.24, 2.45) is 0 Å². The summed E-state index contributed by atoms with van der Waals surface area (Å²) in [6, 6.07) is 1.74. The molecule has 3 N–H and O–H groups in total. The molecule has 0 aliphatic heterocycles. The molecule has 0 unspecified atom stereocenters. The van der Waals surface area contributed by atoms with Gasteiger partial charge in [-0.2, -0.15) is 4.98 Å². The highest BCUT2D eigenvalue weighted by molar-refractivity contribution is 7.12. The molecule has 6 nitrogen and oxygen atoms in total. The molecule has 2 aromatic heterocycles. The summed E-state index contributed by atoms with van der Waals surface area (Å²) in [6.07, 6.45) is 0. The van der Waals surface area contributed by atoms with Gasteiger partial charge in [0.05, 0.1) is 5.69 Å². The topological polar surface area (TPSA) is 94.0 Å². The highest BCUT2D eigenvalue weighted by Gasteiger charge is 2.14. The Morgan fingerprint density at radius 1 is 1.67 bits per heavy atom. The normalized spacial score (nSPS) is 10.2. The highest BCUT2D eigenvalue weighted by Crippen LogP contribution is 2.19. The standard InChI is InChI=1S/C8H8N4O2S/c1-4-10-8(14-12-4)11-7(13)6-5(9)2-3-15-6/h2-3H,9H2,1H3,(H,10,11,12,13). The summed E-state index contributed by atoms with van der Waals surface area (Å²) in [5.41, 5.74) is 6.02. The van der Waals surface area contributed by atoms with Gasteiger partial charge in [0, 0.05) is 0 Å². The molecule has 0 aliphatic rings. The number of nitrogens with two attached hydrogens (primary N) is 1. The monoisotopic (exact) mass is 224 g/mol. The van der Waals surface area contributed by atoms with Crippen molar-refractivity contribution < 1.29 is 9.32 Å². The molecule has 1 amide bonds. The van der Waals surface area contributed by atoms with Crippen molar-refractivity contribution in [1.29, 1.82) is 0 Å². The van der Waals surface area contributed by atoms with Crippen LogP contribution in [0.1, 0.15) is 15.5 Å². The third kappa shape index (κ3) is 1.96. The number of nitrogens with zero attached hydrogens (tertiary/aromatic N) is 2. The van der Waals surface area contributed by atoms with Gasteiger partial charge in [0.15, 0.2) is 5.82 Å². The molecule has 2 rings (SSSR count). The minimum Gasteiger partial charge on any atom is -0.397 e. The number of aryl methyl sites for hydroxylation is 1. The van der Waals surface area contributed by atoms with Crippen LogP contribution in [0.15, 0.2) is 16.0 Å². The SMILES string of the molecule is Cc1noc(NC(=O)c2sccc2N)n1. The van der Waals surface area contributed by atoms with Crippen LogP contribution in [0.2, 0.25) is 0 Å². The number of carbonyl (C=O) groups is 1. The van der Waals surface area contributed by atoms with Gasteiger partial charge in [0.2, 0.25) is 0 Å². The lowest BCUT2D eigenvalue weighted by atomic mass is 10.4. The molecule has 0 saturated heterocycles. The number of hydrogen-bond acceptors (Lipinski definition) is 6. The molecular weight excluding hydrogens is 216 g/mol. The molecule has 0 bridgehead atoms. The van der Waals surface area contributed by atoms with Crippen molar-refractivity contribution >= 4 is 28.9 Å². The molecule has 0 saturated carbocycles. The summed E-state index contributed by atoms with van der Waals surface area (Å²) in [7, 11) is 0. The third-order valence-corrected chi connectivity index (χ3v) is 2.58. The van der Waals surface area contributed by atoms with Crippen LogP contribution in [0.4, 0.5) is 11.7 Å². The summed E-state index contributed by atoms with van der Waals surface area (Å²) in [4.78, 5) is 15.9. The fraction of sp³-hybridized carbons (Fsp3) is 0.125. The van der Waals surface area contributed by atoms with E-state index in [-0.39, 0.29) is 11.9 Å². The van der Waals surface area contributed by atoms with Gasteiger partial charge in [0.25, 0.3) is 5.91 Å². The Hall–Kier alpha value is -1.89. The molecule has 15 heavy (non-hydrogen) atoms. The van der Waals surface area contributed by atoms with Crippen molar-refractivity contribution in [3.8, 4) is 0 Å². The molecule has 0 spiro atoms. The van der Waals surface area contributed by atoms with Gasteiger partial charge in [-0.25, -0.2) is 0 Å². The van der Waals surface area contributed by atoms with Gasteiger partial charge in [0.1, 0.15) is 4.88 Å². The van der Waals surface area contributed by atoms with E-state index in [1.807, 2.05) is 0 Å². The van der Waals surface area contributed by atoms with E-state index >= 15 is 0 Å². The number of aromatic nitrogens is 2. The van der Waals surface area contributed by atoms with Crippen LogP contribution in [0, 0.1) is 6.92 Å². The van der Waals surface area contributed by atoms with Crippen LogP contribution in [-0.4, -0.2) is 16.0 Å². The molecule has 0 radical (unpaired) electrons. The Kier molecular flexibility index (Phi) is 2.38. The summed E-state index contributed by atoms with van der Waals surface area (Å²) in [5, 5.41) is 7.74. The Labute approximate surface area is 89.1 Å². The van der Waals surface area contributed by atoms with E-state index < -0.39 is 0 Å². The maximum Gasteiger partial charge on any atom is 0.328 e. The Balaban J connectivity index is 2.14. The van der Waals surface area contributed by atoms with Crippen molar-refractivity contribution in [2.75, 3.05) is 11.1 Å². The number of rotatable bonds is 2. The van der Waals surface area contributed by atoms with Gasteiger partial charge in [-0.3, -0.25) is 10.1 Å². The first-order chi connectivity index (χ1) is 7.16. The highest BCUT2D eigenvalue weighted by atomic mass is 32.1. The van der Waals surface area contributed by atoms with E-state index in [4.69, 9.17) is 10.3 Å². The van der Waals surface area contributed by atoms with Gasteiger partial charge in [-0.15, -0.1) is 11.3 Å². The number of nitrogen functional groups attached to an aromatic ring is 1. The van der Waals surface area contributed by atoms with Gasteiger partial charge in [-0.1, -0.05) is 5.16 Å². The third-order valence-electron chi connectivity index (χ3n) is 1.65. The molecular formula is C8H8N4O2S. The summed E-state index contributed by atoms with van der Waals surface area (Å²) in [6.45, 7) is 1.67. The van der Waals surface area contributed by atoms with Crippen molar-refractivity contribution in [2.45, 2.75) is 6.92 Å². The van der Waals surface area contributed by atoms with Crippen molar-refractivity contribution in [3.63, 3.8) is 0 Å². The Morgan fingerprint density at radius 2 is 2.47 bits per heavy atom. The fourth-order valence-corrected chi connectivity index (χ4v) is 1.72. The molecule has 78 valence electrons. The first-order valence-corrected chi connectivity index (χ1v) is 4.99. The molecule has 2 aromatic rings. The van der Waals surface area contributed by atoms with Crippen LogP contribution in [-0.2, 0) is 0 Å². The van der Waals surface area contributed by atoms with Crippen LogP contribution >= 0.6 is 11.3 Å². The second-order valence-corrected chi connectivity index (χ2v) is 3.72. The zero-order chi connectivity index (χ0) is 10.8. The first-order valence-electron chi connectivity index (χ1n) is 4.11. The molecule has 0 aliphatic carbocycles. The van der Waals surface area contributed by atoms with E-state index in [0.29, 0.717) is 16.4 Å². The molecule has 7 heteroatoms. The largest absolute Gasteiger partial charge is 0.397 e. The summed E-state index contributed by atoms with van der Waals surface area (Å²) in [5.74, 6) is 0.121. The zero-order valence-electron chi connectivity index (χ0n) is 7.85. The average Bonchev–Trinajstić information content (AvgIpc) is 2.75. The predicted octanol–water partition coefficient (Wildman–Crippen LogP) is 1.27. The van der Waals surface area contributed by atoms with Crippen LogP contribution in [0.25, 0.3) is 0 Å². The number of carbonyl (C=O) groups excluding carboxylic acids is 1. The minimum atomic E-state index is -0.342. The molecule has 0 aromatic carbocycles. The number of amides is 1. The fourth-order valence-electron chi connectivity index (χ4n) is 1.01. The maximum atomic E-state index is 11.6. The van der Waals surface area contributed by atoms with Crippen LogP contribution in [0.5, 0.6) is 0 Å². The van der Waals surface area contributed by atoms with E-state index in [1.54, 1.807) is 18.4 Å². The average molecular weight is 224 g/mol. The number of thiophene rings is 1. The van der Waals surface area contributed by atoms with Gasteiger partial charge in [-0.05, 0) is 18.4 Å². The number of nitrogens with one attached hydrogen (secondary N) is 1. The van der Waals surface area contributed by atoms with Gasteiger partial charge >= 0.3 is 6.01 Å². The van der Waals surface area contributed by atoms with E-state index in [2.05, 4.69) is 15.5 Å². The van der Waals surface area contributed by atoms with E-state index in [0.717, 1.165) is 0 Å². The molecule has 0 fully saturated rings. The number of hydrogen-bond donors (Lipinski definition) is 2. The maximum absolute atomic E-state index is 11.6. The molecule has 0 atom stereocenters. The second-order valence-electron chi connectivity index (χ2n) is 2.81. The van der Waals surface area contributed by atoms with Crippen molar-refractivity contribution in [3.05, 3.63) is 22.1 Å². The lowest BCUT2D eigenvalue weighted by Gasteiger charge is -1.97. The van der Waals surface area contributed by atoms with Crippen LogP contribution in [0.3, 0.4) is 0 Å². The predicted molar refractivity (Wildman–Crippen MR) is 55.7 cm³/mol. The summed E-state index contributed by atoms with van der Waals surface area (Å²) < 4.78 is 4.74. The first kappa shape index (κ1) is 9.66. The van der Waals surface area contributed by atoms with E-state index in [1.165, 1.54) is 11.3 Å².